The highest BCUT2D eigenvalue weighted by Crippen LogP contribution is 2.21. The fourth-order valence-electron chi connectivity index (χ4n) is 3.04. The molecule has 0 radical (unpaired) electrons. The number of hydrogen-bond donors (Lipinski definition) is 1. The van der Waals surface area contributed by atoms with E-state index in [1.165, 1.54) is 50.5 Å². The average Bonchev–Trinajstić information content (AvgIpc) is 2.45. The third-order valence-corrected chi connectivity index (χ3v) is 4.20. The Hall–Kier alpha value is -1.08. The lowest BCUT2D eigenvalue weighted by Crippen LogP contribution is -2.34. The maximum absolute atomic E-state index is 3.77. The molecule has 1 atom stereocenters. The highest BCUT2D eigenvalue weighted by atomic mass is 14.9. The summed E-state index contributed by atoms with van der Waals surface area (Å²) in [5, 5.41) is 3.77. The van der Waals surface area contributed by atoms with E-state index in [-0.39, 0.29) is 0 Å². The molecule has 2 rings (SSSR count). The van der Waals surface area contributed by atoms with Crippen LogP contribution in [-0.2, 0) is 6.42 Å². The molecule has 1 aliphatic rings. The summed E-state index contributed by atoms with van der Waals surface area (Å²) in [6.07, 6.45) is 13.0. The van der Waals surface area contributed by atoms with E-state index < -0.39 is 0 Å². The zero-order valence-electron chi connectivity index (χ0n) is 12.9. The first kappa shape index (κ1) is 15.3. The van der Waals surface area contributed by atoms with Crippen LogP contribution in [0, 0.1) is 0 Å². The molecule has 0 bridgehead atoms. The van der Waals surface area contributed by atoms with Gasteiger partial charge in [0.05, 0.1) is 0 Å². The van der Waals surface area contributed by atoms with Crippen LogP contribution in [0.4, 0.5) is 0 Å². The van der Waals surface area contributed by atoms with Crippen LogP contribution in [0.15, 0.2) is 42.0 Å². The van der Waals surface area contributed by atoms with Gasteiger partial charge >= 0.3 is 0 Å². The van der Waals surface area contributed by atoms with Gasteiger partial charge in [-0.05, 0) is 50.6 Å². The van der Waals surface area contributed by atoms with Gasteiger partial charge in [0.15, 0.2) is 0 Å². The molecule has 1 unspecified atom stereocenters. The maximum atomic E-state index is 3.77. The number of rotatable bonds is 6. The molecule has 0 amide bonds. The summed E-state index contributed by atoms with van der Waals surface area (Å²) in [6, 6.07) is 11.5. The van der Waals surface area contributed by atoms with Crippen molar-refractivity contribution in [2.45, 2.75) is 64.3 Å². The van der Waals surface area contributed by atoms with Gasteiger partial charge in [-0.25, -0.2) is 0 Å². The van der Waals surface area contributed by atoms with Crippen molar-refractivity contribution < 1.29 is 0 Å². The van der Waals surface area contributed by atoms with Gasteiger partial charge in [0.2, 0.25) is 0 Å². The number of benzene rings is 1. The second kappa shape index (κ2) is 8.97. The Bertz CT molecular complexity index is 393. The predicted octanol–water partition coefficient (Wildman–Crippen LogP) is 4.88. The SMILES string of the molecule is CCCNC(Cc1ccccc1)/C1=C/CCCCCC1. The van der Waals surface area contributed by atoms with Crippen molar-refractivity contribution in [2.75, 3.05) is 6.54 Å². The zero-order valence-corrected chi connectivity index (χ0v) is 12.9. The molecule has 1 N–H and O–H groups in total. The lowest BCUT2D eigenvalue weighted by molar-refractivity contribution is 0.523. The van der Waals surface area contributed by atoms with Crippen LogP contribution in [0.1, 0.15) is 57.4 Å². The van der Waals surface area contributed by atoms with Crippen LogP contribution in [0.5, 0.6) is 0 Å². The highest BCUT2D eigenvalue weighted by molar-refractivity contribution is 5.21. The van der Waals surface area contributed by atoms with Gasteiger partial charge in [0, 0.05) is 6.04 Å². The van der Waals surface area contributed by atoms with Crippen molar-refractivity contribution in [3.63, 3.8) is 0 Å². The first-order valence-corrected chi connectivity index (χ1v) is 8.36. The molecular weight excluding hydrogens is 242 g/mol. The average molecular weight is 271 g/mol. The fourth-order valence-corrected chi connectivity index (χ4v) is 3.04. The molecule has 0 heterocycles. The van der Waals surface area contributed by atoms with Crippen molar-refractivity contribution in [1.29, 1.82) is 0 Å². The Labute approximate surface area is 124 Å². The molecule has 0 spiro atoms. The number of allylic oxidation sites excluding steroid dienone is 1. The lowest BCUT2D eigenvalue weighted by atomic mass is 9.91. The summed E-state index contributed by atoms with van der Waals surface area (Å²) in [7, 11) is 0. The van der Waals surface area contributed by atoms with Crippen LogP contribution in [0.3, 0.4) is 0 Å². The molecule has 110 valence electrons. The van der Waals surface area contributed by atoms with Crippen LogP contribution in [0.25, 0.3) is 0 Å². The molecule has 1 aliphatic carbocycles. The Morgan fingerprint density at radius 2 is 1.85 bits per heavy atom. The Balaban J connectivity index is 2.04. The monoisotopic (exact) mass is 271 g/mol. The Morgan fingerprint density at radius 1 is 1.05 bits per heavy atom. The molecule has 20 heavy (non-hydrogen) atoms. The summed E-state index contributed by atoms with van der Waals surface area (Å²) < 4.78 is 0. The van der Waals surface area contributed by atoms with Gasteiger partial charge in [0.1, 0.15) is 0 Å². The third-order valence-electron chi connectivity index (χ3n) is 4.20. The summed E-state index contributed by atoms with van der Waals surface area (Å²) in [6.45, 7) is 3.37. The second-order valence-corrected chi connectivity index (χ2v) is 5.93. The fraction of sp³-hybridized carbons (Fsp3) is 0.579. The quantitative estimate of drug-likeness (QED) is 0.727. The lowest BCUT2D eigenvalue weighted by Gasteiger charge is -2.24. The van der Waals surface area contributed by atoms with Crippen molar-refractivity contribution in [2.24, 2.45) is 0 Å². The standard InChI is InChI=1S/C19H29N/c1-2-15-20-19(16-17-11-7-6-8-12-17)18-13-9-4-3-5-10-14-18/h6-8,11-13,19-20H,2-5,9-10,14-16H2,1H3/b18-13+. The molecule has 0 saturated carbocycles. The minimum absolute atomic E-state index is 0.537. The molecule has 1 aromatic carbocycles. The zero-order chi connectivity index (χ0) is 14.0. The van der Waals surface area contributed by atoms with Crippen LogP contribution in [0.2, 0.25) is 0 Å². The van der Waals surface area contributed by atoms with E-state index in [1.54, 1.807) is 5.57 Å². The highest BCUT2D eigenvalue weighted by Gasteiger charge is 2.15. The Kier molecular flexibility index (Phi) is 6.86. The molecule has 0 aliphatic heterocycles. The van der Waals surface area contributed by atoms with Gasteiger partial charge in [0.25, 0.3) is 0 Å². The molecular formula is C19H29N. The minimum atomic E-state index is 0.537. The predicted molar refractivity (Wildman–Crippen MR) is 88.0 cm³/mol. The number of nitrogens with one attached hydrogen (secondary N) is 1. The van der Waals surface area contributed by atoms with Crippen LogP contribution >= 0.6 is 0 Å². The topological polar surface area (TPSA) is 12.0 Å². The van der Waals surface area contributed by atoms with Gasteiger partial charge in [-0.1, -0.05) is 61.7 Å². The van der Waals surface area contributed by atoms with E-state index in [2.05, 4.69) is 48.6 Å². The van der Waals surface area contributed by atoms with Gasteiger partial charge < -0.3 is 5.32 Å². The summed E-state index contributed by atoms with van der Waals surface area (Å²) in [5.41, 5.74) is 3.10. The van der Waals surface area contributed by atoms with Gasteiger partial charge in [-0.3, -0.25) is 0 Å². The summed E-state index contributed by atoms with van der Waals surface area (Å²) in [4.78, 5) is 0. The van der Waals surface area contributed by atoms with Crippen LogP contribution < -0.4 is 5.32 Å². The molecule has 0 aromatic heterocycles. The normalized spacial score (nSPS) is 20.6. The first-order chi connectivity index (χ1) is 9.90. The van der Waals surface area contributed by atoms with Crippen LogP contribution in [-0.4, -0.2) is 12.6 Å². The third kappa shape index (κ3) is 5.13. The van der Waals surface area contributed by atoms with E-state index in [4.69, 9.17) is 0 Å². The van der Waals surface area contributed by atoms with E-state index in [9.17, 15) is 0 Å². The van der Waals surface area contributed by atoms with Crippen molar-refractivity contribution >= 4 is 0 Å². The molecule has 1 aromatic rings. The number of hydrogen-bond acceptors (Lipinski definition) is 1. The maximum Gasteiger partial charge on any atom is 0.0320 e. The summed E-state index contributed by atoms with van der Waals surface area (Å²) >= 11 is 0. The van der Waals surface area contributed by atoms with Crippen molar-refractivity contribution in [3.8, 4) is 0 Å². The molecule has 1 nitrogen and oxygen atoms in total. The minimum Gasteiger partial charge on any atom is -0.310 e. The van der Waals surface area contributed by atoms with Crippen molar-refractivity contribution in [1.82, 2.24) is 5.32 Å². The Morgan fingerprint density at radius 3 is 2.65 bits per heavy atom. The molecule has 1 heteroatoms. The molecule has 0 fully saturated rings. The van der Waals surface area contributed by atoms with Gasteiger partial charge in [-0.2, -0.15) is 0 Å². The largest absolute Gasteiger partial charge is 0.310 e. The van der Waals surface area contributed by atoms with Crippen molar-refractivity contribution in [3.05, 3.63) is 47.5 Å². The van der Waals surface area contributed by atoms with Gasteiger partial charge in [-0.15, -0.1) is 0 Å². The smallest absolute Gasteiger partial charge is 0.0320 e. The molecule has 0 saturated heterocycles. The van der Waals surface area contributed by atoms with E-state index in [1.807, 2.05) is 0 Å². The van der Waals surface area contributed by atoms with E-state index >= 15 is 0 Å². The second-order valence-electron chi connectivity index (χ2n) is 5.93. The first-order valence-electron chi connectivity index (χ1n) is 8.36. The van der Waals surface area contributed by atoms with E-state index in [0.29, 0.717) is 6.04 Å². The summed E-state index contributed by atoms with van der Waals surface area (Å²) in [5.74, 6) is 0. The van der Waals surface area contributed by atoms with E-state index in [0.717, 1.165) is 13.0 Å².